The lowest BCUT2D eigenvalue weighted by atomic mass is 9.97. The Kier molecular flexibility index (Phi) is 27.5. The molecule has 6 amide bonds. The van der Waals surface area contributed by atoms with Gasteiger partial charge in [0.25, 0.3) is 17.7 Å². The number of hydrogen-bond acceptors (Lipinski definition) is 11. The van der Waals surface area contributed by atoms with Crippen LogP contribution in [0.3, 0.4) is 0 Å². The van der Waals surface area contributed by atoms with Crippen LogP contribution in [0.2, 0.25) is 30.1 Å². The van der Waals surface area contributed by atoms with Crippen LogP contribution in [0.25, 0.3) is 52.0 Å². The van der Waals surface area contributed by atoms with Gasteiger partial charge in [0.05, 0.1) is 107 Å². The summed E-state index contributed by atoms with van der Waals surface area (Å²) >= 11 is 38.3. The maximum Gasteiger partial charge on any atom is 0.410 e. The van der Waals surface area contributed by atoms with Gasteiger partial charge in [-0.3, -0.25) is 29.0 Å². The van der Waals surface area contributed by atoms with Crippen molar-refractivity contribution in [2.24, 2.45) is 0 Å². The van der Waals surface area contributed by atoms with Gasteiger partial charge in [0.1, 0.15) is 23.1 Å². The molecule has 0 saturated heterocycles. The number of rotatable bonds is 15. The molecule has 0 radical (unpaired) electrons. The van der Waals surface area contributed by atoms with Gasteiger partial charge in [0.15, 0.2) is 17.1 Å². The summed E-state index contributed by atoms with van der Waals surface area (Å²) in [6.07, 6.45) is 4.43. The Balaban J connectivity index is 0.000000158. The monoisotopic (exact) mass is 1760 g/mol. The molecule has 3 aromatic heterocycles. The molecule has 624 valence electrons. The lowest BCUT2D eigenvalue weighted by Gasteiger charge is -2.32. The molecule has 0 saturated carbocycles. The molecule has 12 aromatic rings. The highest BCUT2D eigenvalue weighted by atomic mass is 35.5. The molecule has 6 heterocycles. The van der Waals surface area contributed by atoms with E-state index in [1.54, 1.807) is 131 Å². The fourth-order valence-corrected chi connectivity index (χ4v) is 15.7. The summed E-state index contributed by atoms with van der Waals surface area (Å²) in [4.78, 5) is 84.4. The molecule has 15 rings (SSSR count). The number of carbonyl (C=O) groups is 6. The smallest absolute Gasteiger partial charge is 0.410 e. The van der Waals surface area contributed by atoms with E-state index in [1.807, 2.05) is 130 Å². The van der Waals surface area contributed by atoms with E-state index in [9.17, 15) is 41.9 Å². The number of hydrogen-bond donors (Lipinski definition) is 3. The van der Waals surface area contributed by atoms with Crippen molar-refractivity contribution in [2.75, 3.05) is 26.7 Å². The van der Waals surface area contributed by atoms with Gasteiger partial charge in [-0.15, -0.1) is 0 Å². The van der Waals surface area contributed by atoms with Gasteiger partial charge in [0.2, 0.25) is 5.91 Å². The average Bonchev–Trinajstić information content (AvgIpc) is 1.60. The molecule has 3 atom stereocenters. The van der Waals surface area contributed by atoms with Crippen molar-refractivity contribution in [3.63, 3.8) is 0 Å². The van der Waals surface area contributed by atoms with E-state index in [0.29, 0.717) is 103 Å². The third-order valence-corrected chi connectivity index (χ3v) is 21.8. The van der Waals surface area contributed by atoms with E-state index in [0.717, 1.165) is 27.8 Å². The molecule has 3 aliphatic rings. The van der Waals surface area contributed by atoms with Crippen LogP contribution in [-0.2, 0) is 33.9 Å². The van der Waals surface area contributed by atoms with E-state index in [4.69, 9.17) is 94.4 Å². The van der Waals surface area contributed by atoms with Crippen LogP contribution < -0.4 is 16.0 Å². The minimum Gasteiger partial charge on any atom is -0.453 e. The quantitative estimate of drug-likeness (QED) is 0.0876. The van der Waals surface area contributed by atoms with Crippen LogP contribution in [0.1, 0.15) is 165 Å². The highest BCUT2D eigenvalue weighted by molar-refractivity contribution is 6.37. The minimum atomic E-state index is -0.732. The van der Waals surface area contributed by atoms with Crippen LogP contribution in [0.5, 0.6) is 0 Å². The van der Waals surface area contributed by atoms with Crippen molar-refractivity contribution in [1.82, 2.24) is 60.0 Å². The molecule has 9 aromatic carbocycles. The van der Waals surface area contributed by atoms with Crippen molar-refractivity contribution in [3.8, 4) is 17.1 Å². The number of amides is 6. The number of nitrogens with one attached hydrogen (secondary N) is 3. The Hall–Kier alpha value is -12.2. The van der Waals surface area contributed by atoms with Gasteiger partial charge in [-0.2, -0.15) is 15.3 Å². The van der Waals surface area contributed by atoms with Gasteiger partial charge in [-0.05, 0) is 201 Å². The second-order valence-electron chi connectivity index (χ2n) is 30.1. The second kappa shape index (κ2) is 38.2. The first-order valence-corrected chi connectivity index (χ1v) is 40.9. The third-order valence-electron chi connectivity index (χ3n) is 20.2. The zero-order valence-corrected chi connectivity index (χ0v) is 71.7. The number of benzene rings is 9. The largest absolute Gasteiger partial charge is 0.453 e. The molecule has 0 spiro atoms. The minimum absolute atomic E-state index is 0.0681. The SMILES string of the molecule is CC(=O)N1C/C(=C\c2ccc(F)cc2)c2c(c(C(=O)N[C@H](C)c3ccccc3)nn2-c2ccc(Cl)cc2Cl)C1.COC(=O)N1C/C(=C\c2ccc(F)cc2)c2c(c(C(=O)N[C@H](C)c3ccccc3)nn2-c2ccc(Cl)cc2Cl)C1.C[C@@H](NC(=O)c1nn(-c2ccc(Cl)cc2Cl)c2c1CN(C(=O)OC(C)(C)C)C/C2=C\c1ccc(F)cc1)c1ccccc1. The summed E-state index contributed by atoms with van der Waals surface area (Å²) < 4.78 is 56.5. The standard InChI is InChI=1S/C33H31Cl2FN4O3.C30H25Cl2FN4O3.C30H25Cl2FN4O2/c1-20(22-8-6-5-7-9-22)37-31(41)29-26-19-39(32(42)43-33(2,3)4)18-23(16-21-10-13-25(36)14-11-21)30(26)40(38-29)28-15-12-24(34)17-27(28)35;1-18(20-6-4-3-5-7-20)34-29(38)27-24-17-36(30(39)40-2)16-21(14-19-8-11-23(33)12-9-19)28(24)37(35-27)26-13-10-22(31)15-25(26)32;1-18(21-6-4-3-5-7-21)34-30(39)28-25-17-36(19(2)38)16-22(14-20-8-11-24(33)12-9-20)29(25)37(35-28)27-13-10-23(31)15-26(27)32/h5-17,20H,18-19H2,1-4H3,(H,37,41);3-15,18H,16-17H2,1-2H3,(H,34,38);3-15,18H,16-17H2,1-2H3,(H,34,39)/b23-16+;21-14+;22-14+/t20-;2*18-/m111/s1. The van der Waals surface area contributed by atoms with Gasteiger partial charge in [0, 0.05) is 45.2 Å². The normalized spacial score (nSPS) is 14.7. The van der Waals surface area contributed by atoms with Crippen molar-refractivity contribution in [3.05, 3.63) is 350 Å². The first-order chi connectivity index (χ1) is 58.3. The molecule has 3 aliphatic heterocycles. The van der Waals surface area contributed by atoms with Crippen LogP contribution in [-0.4, -0.2) is 112 Å². The maximum atomic E-state index is 13.9. The third kappa shape index (κ3) is 20.7. The number of carbonyl (C=O) groups excluding carboxylic acids is 6. The van der Waals surface area contributed by atoms with E-state index in [1.165, 1.54) is 60.2 Å². The number of nitrogens with zero attached hydrogens (tertiary/aromatic N) is 9. The van der Waals surface area contributed by atoms with Crippen molar-refractivity contribution in [2.45, 2.75) is 91.8 Å². The zero-order valence-electron chi connectivity index (χ0n) is 67.2. The molecule has 20 nitrogen and oxygen atoms in total. The average molecular weight is 1760 g/mol. The summed E-state index contributed by atoms with van der Waals surface area (Å²) in [7, 11) is 1.30. The summed E-state index contributed by atoms with van der Waals surface area (Å²) in [5.41, 5.74) is 11.8. The van der Waals surface area contributed by atoms with Crippen molar-refractivity contribution in [1.29, 1.82) is 0 Å². The second-order valence-corrected chi connectivity index (χ2v) is 32.6. The Morgan fingerprint density at radius 2 is 0.672 bits per heavy atom. The highest BCUT2D eigenvalue weighted by Gasteiger charge is 2.39. The predicted octanol–water partition coefficient (Wildman–Crippen LogP) is 21.7. The molecule has 0 aliphatic carbocycles. The van der Waals surface area contributed by atoms with Gasteiger partial charge in [-0.25, -0.2) is 36.8 Å². The van der Waals surface area contributed by atoms with E-state index < -0.39 is 29.6 Å². The zero-order chi connectivity index (χ0) is 87.0. The Morgan fingerprint density at radius 1 is 0.393 bits per heavy atom. The van der Waals surface area contributed by atoms with E-state index in [2.05, 4.69) is 16.0 Å². The lowest BCUT2D eigenvalue weighted by molar-refractivity contribution is -0.128. The number of ether oxygens (including phenoxy) is 2. The summed E-state index contributed by atoms with van der Waals surface area (Å²) in [6.45, 7) is 13.5. The van der Waals surface area contributed by atoms with Crippen LogP contribution >= 0.6 is 69.6 Å². The topological polar surface area (TPSA) is 220 Å². The first kappa shape index (κ1) is 87.6. The molecular formula is C93H81Cl6F3N12O8. The number of halogens is 9. The molecule has 0 bridgehead atoms. The molecule has 0 unspecified atom stereocenters. The van der Waals surface area contributed by atoms with Gasteiger partial charge in [-0.1, -0.05) is 197 Å². The molecular weight excluding hydrogens is 1680 g/mol. The van der Waals surface area contributed by atoms with Crippen LogP contribution in [0, 0.1) is 17.5 Å². The van der Waals surface area contributed by atoms with Gasteiger partial charge >= 0.3 is 12.2 Å². The number of fused-ring (bicyclic) bond motifs is 3. The fourth-order valence-electron chi connectivity index (χ4n) is 14.2. The first-order valence-electron chi connectivity index (χ1n) is 38.6. The predicted molar refractivity (Wildman–Crippen MR) is 471 cm³/mol. The van der Waals surface area contributed by atoms with Gasteiger partial charge < -0.3 is 30.3 Å². The Labute approximate surface area is 732 Å². The molecule has 122 heavy (non-hydrogen) atoms. The van der Waals surface area contributed by atoms with Crippen LogP contribution in [0.15, 0.2) is 218 Å². The lowest BCUT2D eigenvalue weighted by Crippen LogP contribution is -2.40. The summed E-state index contributed by atoms with van der Waals surface area (Å²) in [5, 5.41) is 25.7. The van der Waals surface area contributed by atoms with E-state index in [-0.39, 0.29) is 104 Å². The molecule has 3 N–H and O–H groups in total. The summed E-state index contributed by atoms with van der Waals surface area (Å²) in [6, 6.07) is 60.9. The molecule has 29 heteroatoms. The summed E-state index contributed by atoms with van der Waals surface area (Å²) in [5.74, 6) is -2.44. The van der Waals surface area contributed by atoms with Crippen molar-refractivity contribution < 1.29 is 51.4 Å². The maximum absolute atomic E-state index is 13.9. The van der Waals surface area contributed by atoms with Crippen molar-refractivity contribution >= 4 is 140 Å². The highest BCUT2D eigenvalue weighted by Crippen LogP contribution is 2.41. The Bertz CT molecular complexity index is 6040. The Morgan fingerprint density at radius 3 is 0.943 bits per heavy atom. The fraction of sp³-hybridized carbons (Fsp3) is 0.194. The number of aromatic nitrogens is 6. The molecule has 0 fully saturated rings. The number of methoxy groups -OCH3 is 1. The van der Waals surface area contributed by atoms with E-state index >= 15 is 0 Å². The van der Waals surface area contributed by atoms with Crippen LogP contribution in [0.4, 0.5) is 22.8 Å².